The molecule has 2 saturated heterocycles. The molecule has 8 nitrogen and oxygen atoms in total. The van der Waals surface area contributed by atoms with E-state index in [0.29, 0.717) is 21.2 Å². The van der Waals surface area contributed by atoms with Crippen LogP contribution < -0.4 is 5.43 Å². The van der Waals surface area contributed by atoms with Crippen LogP contribution in [0.25, 0.3) is 6.08 Å². The maximum absolute atomic E-state index is 13.9. The lowest BCUT2D eigenvalue weighted by Crippen LogP contribution is -2.45. The zero-order chi connectivity index (χ0) is 20.4. The van der Waals surface area contributed by atoms with Crippen molar-refractivity contribution in [2.45, 2.75) is 18.9 Å². The fourth-order valence-electron chi connectivity index (χ4n) is 3.48. The smallest absolute Gasteiger partial charge is 0.407 e. The van der Waals surface area contributed by atoms with Crippen molar-refractivity contribution in [2.75, 3.05) is 32.8 Å². The Morgan fingerprint density at radius 3 is 2.84 bits per heavy atom. The number of carboxylic acid groups (broad SMARTS) is 1. The first kappa shape index (κ1) is 25.4. The van der Waals surface area contributed by atoms with Crippen molar-refractivity contribution in [1.82, 2.24) is 15.3 Å². The highest BCUT2D eigenvalue weighted by atomic mass is 35.5. The van der Waals surface area contributed by atoms with Gasteiger partial charge in [0.2, 0.25) is 0 Å². The van der Waals surface area contributed by atoms with Gasteiger partial charge >= 0.3 is 6.09 Å². The van der Waals surface area contributed by atoms with Crippen molar-refractivity contribution in [3.63, 3.8) is 0 Å². The minimum Gasteiger partial charge on any atom is -0.465 e. The summed E-state index contributed by atoms with van der Waals surface area (Å²) >= 11 is 1.24. The summed E-state index contributed by atoms with van der Waals surface area (Å²) in [5.74, 6) is -0.815. The summed E-state index contributed by atoms with van der Waals surface area (Å²) < 4.78 is 19.7. The minimum absolute atomic E-state index is 0. The molecule has 4 rings (SSSR count). The predicted octanol–water partition coefficient (Wildman–Crippen LogP) is 3.29. The van der Waals surface area contributed by atoms with Crippen LogP contribution in [0.1, 0.15) is 30.1 Å². The number of morpholine rings is 1. The van der Waals surface area contributed by atoms with Crippen LogP contribution >= 0.6 is 36.6 Å². The van der Waals surface area contributed by atoms with Gasteiger partial charge in [0, 0.05) is 19.6 Å². The van der Waals surface area contributed by atoms with E-state index in [-0.39, 0.29) is 50.4 Å². The van der Waals surface area contributed by atoms with Gasteiger partial charge in [-0.1, -0.05) is 6.07 Å². The summed E-state index contributed by atoms with van der Waals surface area (Å²) in [6, 6.07) is 4.22. The van der Waals surface area contributed by atoms with Gasteiger partial charge in [-0.05, 0) is 53.9 Å². The molecule has 1 unspecified atom stereocenters. The number of thioether (sulfide) groups is 1. The molecule has 3 heterocycles. The first-order valence-corrected chi connectivity index (χ1v) is 10.3. The standard InChI is InChI=1S/C19H21FN4O4S.2ClH/c20-13-3-4-14(15-11-23(19(26)27)7-8-28-15)12(9-13)10-16-17(25)22-18(29-16)24-6-2-1-5-21-24;;/h3-4,9-10,15,21H,1-2,5-8,11H2,(H,26,27);2*1H. The van der Waals surface area contributed by atoms with E-state index < -0.39 is 18.0 Å². The van der Waals surface area contributed by atoms with Crippen molar-refractivity contribution in [2.24, 2.45) is 4.99 Å². The molecule has 3 aliphatic rings. The largest absolute Gasteiger partial charge is 0.465 e. The fraction of sp³-hybridized carbons (Fsp3) is 0.421. The second-order valence-corrected chi connectivity index (χ2v) is 7.95. The van der Waals surface area contributed by atoms with Crippen molar-refractivity contribution < 1.29 is 23.8 Å². The monoisotopic (exact) mass is 492 g/mol. The number of rotatable bonds is 2. The predicted molar refractivity (Wildman–Crippen MR) is 121 cm³/mol. The van der Waals surface area contributed by atoms with Crippen LogP contribution in [0.15, 0.2) is 28.1 Å². The number of hydrogen-bond donors (Lipinski definition) is 2. The fourth-order valence-corrected chi connectivity index (χ4v) is 4.39. The molecular weight excluding hydrogens is 470 g/mol. The number of hydrazine groups is 1. The van der Waals surface area contributed by atoms with Crippen LogP contribution in [0.3, 0.4) is 0 Å². The molecule has 170 valence electrons. The number of carbonyl (C=O) groups excluding carboxylic acids is 1. The molecule has 12 heteroatoms. The van der Waals surface area contributed by atoms with E-state index in [2.05, 4.69) is 10.4 Å². The van der Waals surface area contributed by atoms with Gasteiger partial charge in [-0.3, -0.25) is 9.80 Å². The minimum atomic E-state index is -1.02. The highest BCUT2D eigenvalue weighted by molar-refractivity contribution is 8.18. The first-order chi connectivity index (χ1) is 14.0. The van der Waals surface area contributed by atoms with Crippen molar-refractivity contribution >= 4 is 59.8 Å². The average Bonchev–Trinajstić information content (AvgIpc) is 3.09. The van der Waals surface area contributed by atoms with E-state index in [9.17, 15) is 19.1 Å². The molecule has 1 aromatic rings. The number of nitrogens with one attached hydrogen (secondary N) is 1. The Morgan fingerprint density at radius 2 is 2.13 bits per heavy atom. The summed E-state index contributed by atoms with van der Waals surface area (Å²) in [5, 5.41) is 11.7. The quantitative estimate of drug-likeness (QED) is 0.611. The van der Waals surface area contributed by atoms with Gasteiger partial charge < -0.3 is 14.7 Å². The highest BCUT2D eigenvalue weighted by Gasteiger charge is 2.29. The SMILES string of the molecule is Cl.Cl.O=C1N=C(N2CCCCN2)SC1=Cc1cc(F)ccc1C1CN(C(=O)O)CCO1. The van der Waals surface area contributed by atoms with Gasteiger partial charge in [0.1, 0.15) is 11.9 Å². The van der Waals surface area contributed by atoms with E-state index in [1.165, 1.54) is 28.8 Å². The number of benzene rings is 1. The van der Waals surface area contributed by atoms with Gasteiger partial charge in [-0.15, -0.1) is 24.8 Å². The average molecular weight is 493 g/mol. The highest BCUT2D eigenvalue weighted by Crippen LogP contribution is 2.33. The topological polar surface area (TPSA) is 94.5 Å². The molecule has 0 saturated carbocycles. The third-order valence-electron chi connectivity index (χ3n) is 4.97. The molecule has 1 atom stereocenters. The van der Waals surface area contributed by atoms with Crippen LogP contribution in [0.2, 0.25) is 0 Å². The van der Waals surface area contributed by atoms with Gasteiger partial charge in [0.05, 0.1) is 18.1 Å². The zero-order valence-electron chi connectivity index (χ0n) is 16.5. The van der Waals surface area contributed by atoms with Gasteiger partial charge in [-0.25, -0.2) is 14.6 Å². The molecule has 0 radical (unpaired) electrons. The number of amidine groups is 1. The Labute approximate surface area is 195 Å². The molecule has 2 N–H and O–H groups in total. The number of halogens is 3. The lowest BCUT2D eigenvalue weighted by atomic mass is 10.00. The maximum atomic E-state index is 13.9. The number of ether oxygens (including phenoxy) is 1. The molecule has 0 spiro atoms. The number of hydrogen-bond acceptors (Lipinski definition) is 6. The molecule has 0 bridgehead atoms. The normalized spacial score (nSPS) is 22.6. The van der Waals surface area contributed by atoms with Crippen LogP contribution in [0, 0.1) is 5.82 Å². The number of aliphatic imine (C=N–C) groups is 1. The van der Waals surface area contributed by atoms with E-state index in [1.807, 2.05) is 5.01 Å². The molecule has 2 fully saturated rings. The third-order valence-corrected chi connectivity index (χ3v) is 5.98. The van der Waals surface area contributed by atoms with Crippen molar-refractivity contribution in [3.8, 4) is 0 Å². The molecular formula is C19H23Cl2FN4O4S. The van der Waals surface area contributed by atoms with Crippen LogP contribution in [0.4, 0.5) is 9.18 Å². The number of nitrogens with zero attached hydrogens (tertiary/aromatic N) is 3. The van der Waals surface area contributed by atoms with Gasteiger partial charge in [0.15, 0.2) is 5.17 Å². The van der Waals surface area contributed by atoms with Gasteiger partial charge in [-0.2, -0.15) is 4.99 Å². The van der Waals surface area contributed by atoms with Crippen LogP contribution in [-0.4, -0.2) is 65.0 Å². The second kappa shape index (κ2) is 11.1. The first-order valence-electron chi connectivity index (χ1n) is 9.44. The third kappa shape index (κ3) is 5.89. The number of carbonyl (C=O) groups is 2. The zero-order valence-corrected chi connectivity index (χ0v) is 18.9. The molecule has 1 aromatic carbocycles. The molecule has 0 aromatic heterocycles. The van der Waals surface area contributed by atoms with E-state index in [0.717, 1.165) is 25.9 Å². The second-order valence-electron chi connectivity index (χ2n) is 6.94. The van der Waals surface area contributed by atoms with E-state index >= 15 is 0 Å². The molecule has 0 aliphatic carbocycles. The molecule has 2 amide bonds. The Bertz CT molecular complexity index is 896. The Kier molecular flexibility index (Phi) is 9.14. The Hall–Kier alpha value is -1.85. The van der Waals surface area contributed by atoms with E-state index in [4.69, 9.17) is 4.74 Å². The van der Waals surface area contributed by atoms with Crippen LogP contribution in [-0.2, 0) is 9.53 Å². The van der Waals surface area contributed by atoms with Crippen molar-refractivity contribution in [1.29, 1.82) is 0 Å². The maximum Gasteiger partial charge on any atom is 0.407 e. The summed E-state index contributed by atoms with van der Waals surface area (Å²) in [7, 11) is 0. The molecule has 31 heavy (non-hydrogen) atoms. The summed E-state index contributed by atoms with van der Waals surface area (Å²) in [4.78, 5) is 29.5. The van der Waals surface area contributed by atoms with Gasteiger partial charge in [0.25, 0.3) is 5.91 Å². The Balaban J connectivity index is 0.00000171. The Morgan fingerprint density at radius 1 is 1.32 bits per heavy atom. The lowest BCUT2D eigenvalue weighted by Gasteiger charge is -2.32. The lowest BCUT2D eigenvalue weighted by molar-refractivity contribution is -0.113. The summed E-state index contributed by atoms with van der Waals surface area (Å²) in [5.41, 5.74) is 4.34. The number of amides is 2. The summed E-state index contributed by atoms with van der Waals surface area (Å²) in [6.45, 7) is 2.31. The van der Waals surface area contributed by atoms with Crippen LogP contribution in [0.5, 0.6) is 0 Å². The summed E-state index contributed by atoms with van der Waals surface area (Å²) in [6.07, 6.45) is 2.15. The van der Waals surface area contributed by atoms with Crippen molar-refractivity contribution in [3.05, 3.63) is 40.0 Å². The molecule has 3 aliphatic heterocycles. The van der Waals surface area contributed by atoms with E-state index in [1.54, 1.807) is 12.1 Å².